The predicted molar refractivity (Wildman–Crippen MR) is 87.9 cm³/mol. The average molecular weight is 315 g/mol. The molecule has 0 aliphatic heterocycles. The van der Waals surface area contributed by atoms with E-state index < -0.39 is 5.97 Å². The van der Waals surface area contributed by atoms with Crippen LogP contribution in [-0.4, -0.2) is 17.0 Å². The molecular formula is C18H21NO4. The minimum atomic E-state index is -1.03. The molecule has 0 atom stereocenters. The van der Waals surface area contributed by atoms with Crippen LogP contribution in [-0.2, 0) is 24.1 Å². The second kappa shape index (κ2) is 7.13. The molecule has 1 aromatic heterocycles. The first-order chi connectivity index (χ1) is 11.0. The van der Waals surface area contributed by atoms with Crippen molar-refractivity contribution in [2.75, 3.05) is 5.32 Å². The molecule has 2 aromatic rings. The summed E-state index contributed by atoms with van der Waals surface area (Å²) >= 11 is 0. The van der Waals surface area contributed by atoms with Crippen molar-refractivity contribution in [1.82, 2.24) is 0 Å². The highest BCUT2D eigenvalue weighted by Gasteiger charge is 2.20. The van der Waals surface area contributed by atoms with Crippen molar-refractivity contribution in [3.63, 3.8) is 0 Å². The number of furan rings is 1. The van der Waals surface area contributed by atoms with E-state index in [-0.39, 0.29) is 18.1 Å². The van der Waals surface area contributed by atoms with E-state index in [9.17, 15) is 9.59 Å². The molecule has 0 unspecified atom stereocenters. The summed E-state index contributed by atoms with van der Waals surface area (Å²) in [4.78, 5) is 23.4. The summed E-state index contributed by atoms with van der Waals surface area (Å²) in [6.45, 7) is 5.90. The first kappa shape index (κ1) is 16.8. The number of anilines is 1. The number of carboxylic acid groups (broad SMARTS) is 1. The van der Waals surface area contributed by atoms with Crippen LogP contribution >= 0.6 is 0 Å². The van der Waals surface area contributed by atoms with Crippen molar-refractivity contribution in [3.05, 3.63) is 52.5 Å². The highest BCUT2D eigenvalue weighted by Crippen LogP contribution is 2.21. The topological polar surface area (TPSA) is 79.5 Å². The van der Waals surface area contributed by atoms with Crippen molar-refractivity contribution in [3.8, 4) is 0 Å². The van der Waals surface area contributed by atoms with Gasteiger partial charge in [-0.25, -0.2) is 0 Å². The van der Waals surface area contributed by atoms with E-state index in [4.69, 9.17) is 9.52 Å². The van der Waals surface area contributed by atoms with E-state index in [1.165, 1.54) is 17.4 Å². The van der Waals surface area contributed by atoms with Gasteiger partial charge in [-0.05, 0) is 43.0 Å². The minimum Gasteiger partial charge on any atom is -0.481 e. The van der Waals surface area contributed by atoms with Gasteiger partial charge in [0.15, 0.2) is 0 Å². The van der Waals surface area contributed by atoms with Crippen LogP contribution in [0.3, 0.4) is 0 Å². The van der Waals surface area contributed by atoms with E-state index in [2.05, 4.69) is 19.2 Å². The Kier molecular flexibility index (Phi) is 5.21. The number of hydrogen-bond acceptors (Lipinski definition) is 3. The maximum Gasteiger partial charge on any atom is 0.311 e. The number of amides is 1. The monoisotopic (exact) mass is 315 g/mol. The van der Waals surface area contributed by atoms with E-state index >= 15 is 0 Å². The molecule has 0 spiro atoms. The fourth-order valence-corrected chi connectivity index (χ4v) is 2.64. The fourth-order valence-electron chi connectivity index (χ4n) is 2.64. The molecule has 0 aliphatic carbocycles. The van der Waals surface area contributed by atoms with Gasteiger partial charge < -0.3 is 14.8 Å². The molecule has 5 heteroatoms. The Balaban J connectivity index is 2.26. The van der Waals surface area contributed by atoms with Crippen LogP contribution in [0.4, 0.5) is 5.69 Å². The summed E-state index contributed by atoms with van der Waals surface area (Å²) in [5.41, 5.74) is 4.08. The predicted octanol–water partition coefficient (Wildman–Crippen LogP) is 3.59. The molecule has 2 rings (SSSR count). The fraction of sp³-hybridized carbons (Fsp3) is 0.333. The zero-order valence-corrected chi connectivity index (χ0v) is 13.6. The number of nitrogens with one attached hydrogen (secondary N) is 1. The summed E-state index contributed by atoms with van der Waals surface area (Å²) in [5.74, 6) is -1.21. The number of carbonyl (C=O) groups is 2. The van der Waals surface area contributed by atoms with Gasteiger partial charge in [-0.15, -0.1) is 0 Å². The summed E-state index contributed by atoms with van der Waals surface area (Å²) in [5, 5.41) is 11.7. The van der Waals surface area contributed by atoms with Gasteiger partial charge in [-0.1, -0.05) is 19.9 Å². The maximum absolute atomic E-state index is 12.5. The molecule has 0 radical (unpaired) electrons. The SMILES string of the molecule is CCc1ccc(NC(=O)c2c(C)coc2CC(=O)O)cc1CC. The first-order valence-corrected chi connectivity index (χ1v) is 7.68. The number of carboxylic acids is 1. The number of benzene rings is 1. The lowest BCUT2D eigenvalue weighted by atomic mass is 10.0. The van der Waals surface area contributed by atoms with Gasteiger partial charge in [0.1, 0.15) is 12.2 Å². The molecule has 122 valence electrons. The first-order valence-electron chi connectivity index (χ1n) is 7.68. The molecule has 1 aromatic carbocycles. The normalized spacial score (nSPS) is 10.6. The average Bonchev–Trinajstić information content (AvgIpc) is 2.87. The second-order valence-electron chi connectivity index (χ2n) is 5.43. The second-order valence-corrected chi connectivity index (χ2v) is 5.43. The number of hydrogen-bond donors (Lipinski definition) is 2. The highest BCUT2D eigenvalue weighted by atomic mass is 16.4. The highest BCUT2D eigenvalue weighted by molar-refractivity contribution is 6.06. The van der Waals surface area contributed by atoms with Crippen LogP contribution in [0, 0.1) is 6.92 Å². The Morgan fingerprint density at radius 3 is 2.48 bits per heavy atom. The van der Waals surface area contributed by atoms with Gasteiger partial charge in [0.25, 0.3) is 5.91 Å². The van der Waals surface area contributed by atoms with E-state index in [1.807, 2.05) is 18.2 Å². The summed E-state index contributed by atoms with van der Waals surface area (Å²) in [6, 6.07) is 5.83. The van der Waals surface area contributed by atoms with Gasteiger partial charge >= 0.3 is 5.97 Å². The van der Waals surface area contributed by atoms with Gasteiger partial charge in [0.2, 0.25) is 0 Å². The van der Waals surface area contributed by atoms with Gasteiger partial charge in [-0.2, -0.15) is 0 Å². The zero-order chi connectivity index (χ0) is 17.0. The molecule has 23 heavy (non-hydrogen) atoms. The van der Waals surface area contributed by atoms with Crippen LogP contribution < -0.4 is 5.32 Å². The van der Waals surface area contributed by atoms with Crippen molar-refractivity contribution in [2.45, 2.75) is 40.0 Å². The van der Waals surface area contributed by atoms with Crippen molar-refractivity contribution in [2.24, 2.45) is 0 Å². The van der Waals surface area contributed by atoms with E-state index in [1.54, 1.807) is 6.92 Å². The van der Waals surface area contributed by atoms with E-state index in [0.717, 1.165) is 12.8 Å². The largest absolute Gasteiger partial charge is 0.481 e. The van der Waals surface area contributed by atoms with E-state index in [0.29, 0.717) is 16.8 Å². The zero-order valence-electron chi connectivity index (χ0n) is 13.6. The molecule has 0 saturated heterocycles. The Labute approximate surface area is 135 Å². The standard InChI is InChI=1S/C18H21NO4/c1-4-12-6-7-14(8-13(12)5-2)19-18(22)17-11(3)10-23-15(17)9-16(20)21/h6-8,10H,4-5,9H2,1-3H3,(H,19,22)(H,20,21). The molecule has 0 fully saturated rings. The number of aliphatic carboxylic acids is 1. The van der Waals surface area contributed by atoms with Gasteiger partial charge in [0, 0.05) is 11.3 Å². The molecule has 0 bridgehead atoms. The van der Waals surface area contributed by atoms with Crippen LogP contribution in [0.1, 0.15) is 46.7 Å². The molecule has 1 heterocycles. The lowest BCUT2D eigenvalue weighted by Gasteiger charge is -2.10. The number of carbonyl (C=O) groups excluding carboxylic acids is 1. The lowest BCUT2D eigenvalue weighted by Crippen LogP contribution is -2.15. The number of aryl methyl sites for hydroxylation is 3. The van der Waals surface area contributed by atoms with Crippen LogP contribution in [0.2, 0.25) is 0 Å². The summed E-state index contributed by atoms with van der Waals surface area (Å²) < 4.78 is 5.20. The van der Waals surface area contributed by atoms with Crippen LogP contribution in [0.5, 0.6) is 0 Å². The molecular weight excluding hydrogens is 294 g/mol. The Bertz CT molecular complexity index is 731. The van der Waals surface area contributed by atoms with Crippen molar-refractivity contribution < 1.29 is 19.1 Å². The Morgan fingerprint density at radius 1 is 1.17 bits per heavy atom. The number of rotatable bonds is 6. The molecule has 0 saturated carbocycles. The van der Waals surface area contributed by atoms with Gasteiger partial charge in [-0.3, -0.25) is 9.59 Å². The van der Waals surface area contributed by atoms with Crippen molar-refractivity contribution >= 4 is 17.6 Å². The quantitative estimate of drug-likeness (QED) is 0.853. The Morgan fingerprint density at radius 2 is 1.87 bits per heavy atom. The third kappa shape index (κ3) is 3.80. The van der Waals surface area contributed by atoms with Gasteiger partial charge in [0.05, 0.1) is 11.8 Å². The smallest absolute Gasteiger partial charge is 0.311 e. The molecule has 1 amide bonds. The third-order valence-electron chi connectivity index (χ3n) is 3.82. The van der Waals surface area contributed by atoms with Crippen molar-refractivity contribution in [1.29, 1.82) is 0 Å². The molecule has 2 N–H and O–H groups in total. The van der Waals surface area contributed by atoms with Crippen LogP contribution in [0.15, 0.2) is 28.9 Å². The molecule has 5 nitrogen and oxygen atoms in total. The minimum absolute atomic E-state index is 0.174. The third-order valence-corrected chi connectivity index (χ3v) is 3.82. The summed E-state index contributed by atoms with van der Waals surface area (Å²) in [7, 11) is 0. The summed E-state index contributed by atoms with van der Waals surface area (Å²) in [6.07, 6.45) is 2.93. The molecule has 0 aliphatic rings. The maximum atomic E-state index is 12.5. The lowest BCUT2D eigenvalue weighted by molar-refractivity contribution is -0.136. The van der Waals surface area contributed by atoms with Crippen LogP contribution in [0.25, 0.3) is 0 Å². The Hall–Kier alpha value is -2.56.